The molecule has 0 radical (unpaired) electrons. The van der Waals surface area contributed by atoms with E-state index >= 15 is 0 Å². The maximum absolute atomic E-state index is 6.00. The Labute approximate surface area is 124 Å². The fourth-order valence-corrected chi connectivity index (χ4v) is 2.09. The summed E-state index contributed by atoms with van der Waals surface area (Å²) in [6.45, 7) is 4.05. The van der Waals surface area contributed by atoms with Crippen LogP contribution in [0.25, 0.3) is 0 Å². The van der Waals surface area contributed by atoms with Gasteiger partial charge in [-0.15, -0.1) is 0 Å². The first-order valence-corrected chi connectivity index (χ1v) is 6.74. The van der Waals surface area contributed by atoms with Crippen molar-refractivity contribution in [1.29, 1.82) is 0 Å². The Morgan fingerprint density at radius 3 is 2.39 bits per heavy atom. The smallest absolute Gasteiger partial charge is 0.224 e. The summed E-state index contributed by atoms with van der Waals surface area (Å²) in [7, 11) is 0. The standard InChI is InChI=1S/C12H10BrCl2N3/c1-6-3-8(4-7(2)10(6)13)17-11-9(14)5-16-12(15)18-11/h3-5H,1-2H3,(H,16,17,18). The summed E-state index contributed by atoms with van der Waals surface area (Å²) in [5.74, 6) is 0.498. The molecule has 3 nitrogen and oxygen atoms in total. The van der Waals surface area contributed by atoms with Crippen molar-refractivity contribution in [1.82, 2.24) is 9.97 Å². The molecule has 94 valence electrons. The molecule has 0 fully saturated rings. The van der Waals surface area contributed by atoms with Crippen LogP contribution in [0, 0.1) is 13.8 Å². The summed E-state index contributed by atoms with van der Waals surface area (Å²) in [5.41, 5.74) is 3.17. The largest absolute Gasteiger partial charge is 0.339 e. The lowest BCUT2D eigenvalue weighted by Crippen LogP contribution is -1.97. The first-order chi connectivity index (χ1) is 8.47. The van der Waals surface area contributed by atoms with Crippen LogP contribution in [0.1, 0.15) is 11.1 Å². The highest BCUT2D eigenvalue weighted by atomic mass is 79.9. The third-order valence-electron chi connectivity index (χ3n) is 2.41. The average molecular weight is 347 g/mol. The summed E-state index contributed by atoms with van der Waals surface area (Å²) < 4.78 is 1.10. The zero-order valence-electron chi connectivity index (χ0n) is 9.76. The van der Waals surface area contributed by atoms with Gasteiger partial charge in [-0.25, -0.2) is 4.98 Å². The number of hydrogen-bond acceptors (Lipinski definition) is 3. The highest BCUT2D eigenvalue weighted by Crippen LogP contribution is 2.28. The Balaban J connectivity index is 2.37. The van der Waals surface area contributed by atoms with Crippen molar-refractivity contribution in [3.8, 4) is 0 Å². The molecule has 0 amide bonds. The van der Waals surface area contributed by atoms with Gasteiger partial charge in [0.25, 0.3) is 0 Å². The highest BCUT2D eigenvalue weighted by Gasteiger charge is 2.07. The van der Waals surface area contributed by atoms with Gasteiger partial charge in [-0.05, 0) is 48.7 Å². The van der Waals surface area contributed by atoms with Crippen molar-refractivity contribution < 1.29 is 0 Å². The van der Waals surface area contributed by atoms with Crippen LogP contribution in [-0.4, -0.2) is 9.97 Å². The molecule has 0 spiro atoms. The van der Waals surface area contributed by atoms with Crippen molar-refractivity contribution in [3.05, 3.63) is 44.2 Å². The van der Waals surface area contributed by atoms with E-state index in [1.165, 1.54) is 6.20 Å². The number of aryl methyl sites for hydroxylation is 2. The minimum atomic E-state index is 0.160. The first-order valence-electron chi connectivity index (χ1n) is 5.19. The number of aromatic nitrogens is 2. The molecule has 0 saturated heterocycles. The molecule has 6 heteroatoms. The van der Waals surface area contributed by atoms with Gasteiger partial charge in [0.1, 0.15) is 5.02 Å². The summed E-state index contributed by atoms with van der Waals surface area (Å²) >= 11 is 15.3. The molecule has 2 aromatic rings. The van der Waals surface area contributed by atoms with Crippen LogP contribution in [0.2, 0.25) is 10.3 Å². The molecule has 0 unspecified atom stereocenters. The Bertz CT molecular complexity index is 579. The van der Waals surface area contributed by atoms with Gasteiger partial charge in [0.05, 0.1) is 6.20 Å². The molecule has 0 aliphatic carbocycles. The van der Waals surface area contributed by atoms with Crippen molar-refractivity contribution in [2.45, 2.75) is 13.8 Å². The molecule has 2 rings (SSSR count). The fourth-order valence-electron chi connectivity index (χ4n) is 1.59. The van der Waals surface area contributed by atoms with Gasteiger partial charge in [0.2, 0.25) is 5.28 Å². The van der Waals surface area contributed by atoms with Gasteiger partial charge in [0, 0.05) is 10.2 Å². The fraction of sp³-hybridized carbons (Fsp3) is 0.167. The lowest BCUT2D eigenvalue weighted by molar-refractivity contribution is 1.17. The van der Waals surface area contributed by atoms with Crippen molar-refractivity contribution in [3.63, 3.8) is 0 Å². The number of nitrogens with zero attached hydrogens (tertiary/aromatic N) is 2. The summed E-state index contributed by atoms with van der Waals surface area (Å²) in [6, 6.07) is 4.01. The van der Waals surface area contributed by atoms with E-state index in [1.807, 2.05) is 26.0 Å². The predicted molar refractivity (Wildman–Crippen MR) is 79.0 cm³/mol. The summed E-state index contributed by atoms with van der Waals surface area (Å²) in [5, 5.41) is 3.72. The molecular formula is C12H10BrCl2N3. The number of hydrogen-bond donors (Lipinski definition) is 1. The Morgan fingerprint density at radius 2 is 1.78 bits per heavy atom. The van der Waals surface area contributed by atoms with Gasteiger partial charge >= 0.3 is 0 Å². The minimum absolute atomic E-state index is 0.160. The van der Waals surface area contributed by atoms with Crippen LogP contribution in [0.3, 0.4) is 0 Å². The van der Waals surface area contributed by atoms with Crippen LogP contribution < -0.4 is 5.32 Å². The zero-order chi connectivity index (χ0) is 13.3. The van der Waals surface area contributed by atoms with Gasteiger partial charge in [-0.1, -0.05) is 27.5 Å². The minimum Gasteiger partial charge on any atom is -0.339 e. The van der Waals surface area contributed by atoms with E-state index in [0.717, 1.165) is 21.3 Å². The second kappa shape index (κ2) is 5.43. The molecule has 1 N–H and O–H groups in total. The van der Waals surface area contributed by atoms with Gasteiger partial charge in [-0.2, -0.15) is 4.98 Å². The van der Waals surface area contributed by atoms with Crippen LogP contribution in [0.15, 0.2) is 22.8 Å². The van der Waals surface area contributed by atoms with Crippen molar-refractivity contribution >= 4 is 50.6 Å². The van der Waals surface area contributed by atoms with Crippen molar-refractivity contribution in [2.75, 3.05) is 5.32 Å². The highest BCUT2D eigenvalue weighted by molar-refractivity contribution is 9.10. The summed E-state index contributed by atoms with van der Waals surface area (Å²) in [4.78, 5) is 7.85. The van der Waals surface area contributed by atoms with Crippen molar-refractivity contribution in [2.24, 2.45) is 0 Å². The number of rotatable bonds is 2. The normalized spacial score (nSPS) is 10.5. The van der Waals surface area contributed by atoms with Crippen LogP contribution >= 0.6 is 39.1 Å². The molecule has 1 heterocycles. The lowest BCUT2D eigenvalue weighted by atomic mass is 10.1. The lowest BCUT2D eigenvalue weighted by Gasteiger charge is -2.11. The third kappa shape index (κ3) is 2.94. The topological polar surface area (TPSA) is 37.8 Å². The van der Waals surface area contributed by atoms with E-state index in [9.17, 15) is 0 Å². The molecule has 0 bridgehead atoms. The van der Waals surface area contributed by atoms with Crippen LogP contribution in [0.4, 0.5) is 11.5 Å². The molecule has 1 aromatic carbocycles. The van der Waals surface area contributed by atoms with Gasteiger partial charge in [-0.3, -0.25) is 0 Å². The molecule has 0 atom stereocenters. The number of nitrogens with one attached hydrogen (secondary N) is 1. The van der Waals surface area contributed by atoms with Gasteiger partial charge in [0.15, 0.2) is 5.82 Å². The Hall–Kier alpha value is -0.840. The van der Waals surface area contributed by atoms with E-state index in [2.05, 4.69) is 31.2 Å². The molecule has 18 heavy (non-hydrogen) atoms. The van der Waals surface area contributed by atoms with Crippen LogP contribution in [0.5, 0.6) is 0 Å². The predicted octanol–water partition coefficient (Wildman–Crippen LogP) is 4.91. The zero-order valence-corrected chi connectivity index (χ0v) is 12.9. The maximum Gasteiger partial charge on any atom is 0.224 e. The molecular weight excluding hydrogens is 337 g/mol. The van der Waals surface area contributed by atoms with E-state index in [1.54, 1.807) is 0 Å². The molecule has 0 aliphatic heterocycles. The number of halogens is 3. The maximum atomic E-state index is 6.00. The Morgan fingerprint density at radius 1 is 1.17 bits per heavy atom. The molecule has 1 aromatic heterocycles. The first kappa shape index (κ1) is 13.6. The summed E-state index contributed by atoms with van der Waals surface area (Å²) in [6.07, 6.45) is 1.47. The van der Waals surface area contributed by atoms with E-state index in [4.69, 9.17) is 23.2 Å². The second-order valence-corrected chi connectivity index (χ2v) is 5.42. The Kier molecular flexibility index (Phi) is 4.10. The monoisotopic (exact) mass is 345 g/mol. The van der Waals surface area contributed by atoms with E-state index in [-0.39, 0.29) is 5.28 Å². The van der Waals surface area contributed by atoms with Crippen LogP contribution in [-0.2, 0) is 0 Å². The second-order valence-electron chi connectivity index (χ2n) is 3.88. The average Bonchev–Trinajstić information content (AvgIpc) is 2.31. The molecule has 0 aliphatic rings. The number of benzene rings is 1. The van der Waals surface area contributed by atoms with E-state index < -0.39 is 0 Å². The van der Waals surface area contributed by atoms with Gasteiger partial charge < -0.3 is 5.32 Å². The quantitative estimate of drug-likeness (QED) is 0.785. The third-order valence-corrected chi connectivity index (χ3v) is 4.12. The van der Waals surface area contributed by atoms with E-state index in [0.29, 0.717) is 10.8 Å². The SMILES string of the molecule is Cc1cc(Nc2nc(Cl)ncc2Cl)cc(C)c1Br. The number of anilines is 2. The molecule has 0 saturated carbocycles.